The average molecular weight is 314 g/mol. The van der Waals surface area contributed by atoms with Gasteiger partial charge in [-0.3, -0.25) is 4.79 Å². The molecular weight excluding hydrogens is 304 g/mol. The van der Waals surface area contributed by atoms with Gasteiger partial charge in [0.25, 0.3) is 0 Å². The number of para-hydroxylation sites is 1. The number of oxime groups is 1. The van der Waals surface area contributed by atoms with Crippen LogP contribution in [0.4, 0.5) is 0 Å². The van der Waals surface area contributed by atoms with Crippen LogP contribution in [0, 0.1) is 0 Å². The summed E-state index contributed by atoms with van der Waals surface area (Å²) in [6.07, 6.45) is 0. The van der Waals surface area contributed by atoms with Gasteiger partial charge in [-0.25, -0.2) is 4.98 Å². The summed E-state index contributed by atoms with van der Waals surface area (Å²) in [5, 5.41) is 31.5. The van der Waals surface area contributed by atoms with Crippen molar-refractivity contribution in [2.45, 2.75) is 0 Å². The number of aromatic hydroxyl groups is 2. The van der Waals surface area contributed by atoms with Gasteiger partial charge in [-0.05, 0) is 24.3 Å². The number of carbonyl (C=O) groups is 1. The fraction of sp³-hybridized carbons (Fsp3) is 0. The molecule has 110 valence electrons. The molecule has 0 amide bonds. The second kappa shape index (κ2) is 5.45. The fourth-order valence-corrected chi connectivity index (χ4v) is 2.95. The molecule has 1 aromatic heterocycles. The maximum Gasteiger partial charge on any atom is 0.221 e. The first-order chi connectivity index (χ1) is 10.6. The summed E-state index contributed by atoms with van der Waals surface area (Å²) >= 11 is 1.21. The molecule has 0 bridgehead atoms. The molecule has 0 aliphatic carbocycles. The maximum atomic E-state index is 12.4. The minimum absolute atomic E-state index is 0.0788. The van der Waals surface area contributed by atoms with Crippen molar-refractivity contribution in [2.75, 3.05) is 0 Å². The third-order valence-electron chi connectivity index (χ3n) is 3.04. The standard InChI is InChI=1S/C15H10N2O4S/c18-8-5-6-9(11(19)7-8)14(20)13(17-21)15-16-10-3-1-2-4-12(10)22-15/h1-7,18-19,21H/b17-13+. The van der Waals surface area contributed by atoms with E-state index in [0.29, 0.717) is 5.52 Å². The van der Waals surface area contributed by atoms with Crippen LogP contribution in [-0.2, 0) is 0 Å². The van der Waals surface area contributed by atoms with Gasteiger partial charge in [0.2, 0.25) is 5.78 Å². The zero-order valence-electron chi connectivity index (χ0n) is 11.1. The van der Waals surface area contributed by atoms with E-state index in [1.165, 1.54) is 23.5 Å². The van der Waals surface area contributed by atoms with Gasteiger partial charge in [0.1, 0.15) is 11.5 Å². The van der Waals surface area contributed by atoms with Crippen LogP contribution in [0.2, 0.25) is 0 Å². The quantitative estimate of drug-likeness (QED) is 0.298. The highest BCUT2D eigenvalue weighted by molar-refractivity contribution is 7.21. The first kappa shape index (κ1) is 14.0. The topological polar surface area (TPSA) is 103 Å². The highest BCUT2D eigenvalue weighted by Gasteiger charge is 2.23. The summed E-state index contributed by atoms with van der Waals surface area (Å²) in [4.78, 5) is 16.7. The molecule has 3 N–H and O–H groups in total. The van der Waals surface area contributed by atoms with Gasteiger partial charge in [0.15, 0.2) is 10.7 Å². The lowest BCUT2D eigenvalue weighted by molar-refractivity contribution is 0.106. The summed E-state index contributed by atoms with van der Waals surface area (Å²) in [7, 11) is 0. The second-order valence-electron chi connectivity index (χ2n) is 4.47. The van der Waals surface area contributed by atoms with Crippen LogP contribution in [0.5, 0.6) is 11.5 Å². The van der Waals surface area contributed by atoms with Gasteiger partial charge in [-0.15, -0.1) is 11.3 Å². The molecule has 1 heterocycles. The van der Waals surface area contributed by atoms with Crippen LogP contribution in [0.1, 0.15) is 15.4 Å². The Hall–Kier alpha value is -2.93. The van der Waals surface area contributed by atoms with Crippen molar-refractivity contribution in [2.24, 2.45) is 5.16 Å². The predicted molar refractivity (Wildman–Crippen MR) is 82.0 cm³/mol. The molecule has 0 saturated carbocycles. The molecule has 0 saturated heterocycles. The number of Topliss-reactive ketones (excluding diaryl/α,β-unsaturated/α-hetero) is 1. The second-order valence-corrected chi connectivity index (χ2v) is 5.50. The van der Waals surface area contributed by atoms with Crippen LogP contribution >= 0.6 is 11.3 Å². The molecule has 7 heteroatoms. The number of carbonyl (C=O) groups excluding carboxylic acids is 1. The van der Waals surface area contributed by atoms with E-state index in [9.17, 15) is 20.2 Å². The van der Waals surface area contributed by atoms with Gasteiger partial charge in [0.05, 0.1) is 15.8 Å². The van der Waals surface area contributed by atoms with Crippen molar-refractivity contribution in [1.82, 2.24) is 4.98 Å². The Bertz CT molecular complexity index is 868. The SMILES string of the molecule is O=C(/C(=N\O)c1nc2ccccc2s1)c1ccc(O)cc1O. The van der Waals surface area contributed by atoms with Crippen molar-refractivity contribution >= 4 is 33.0 Å². The minimum Gasteiger partial charge on any atom is -0.508 e. The summed E-state index contributed by atoms with van der Waals surface area (Å²) in [6.45, 7) is 0. The Morgan fingerprint density at radius 1 is 1.14 bits per heavy atom. The normalized spacial score (nSPS) is 11.7. The lowest BCUT2D eigenvalue weighted by atomic mass is 10.1. The van der Waals surface area contributed by atoms with Gasteiger partial charge in [-0.1, -0.05) is 17.3 Å². The molecule has 3 aromatic rings. The first-order valence-electron chi connectivity index (χ1n) is 6.25. The molecule has 0 aliphatic heterocycles. The largest absolute Gasteiger partial charge is 0.508 e. The van der Waals surface area contributed by atoms with Crippen LogP contribution in [0.15, 0.2) is 47.6 Å². The Balaban J connectivity index is 2.05. The Morgan fingerprint density at radius 2 is 1.91 bits per heavy atom. The number of rotatable bonds is 3. The molecule has 0 fully saturated rings. The fourth-order valence-electron chi connectivity index (χ4n) is 2.00. The smallest absolute Gasteiger partial charge is 0.221 e. The summed E-state index contributed by atoms with van der Waals surface area (Å²) in [6, 6.07) is 10.8. The van der Waals surface area contributed by atoms with E-state index in [1.54, 1.807) is 6.07 Å². The monoisotopic (exact) mass is 314 g/mol. The van der Waals surface area contributed by atoms with Crippen LogP contribution in [-0.4, -0.2) is 31.9 Å². The zero-order chi connectivity index (χ0) is 15.7. The molecule has 0 spiro atoms. The molecule has 2 aromatic carbocycles. The van der Waals surface area contributed by atoms with Crippen LogP contribution < -0.4 is 0 Å². The van der Waals surface area contributed by atoms with Gasteiger partial charge < -0.3 is 15.4 Å². The first-order valence-corrected chi connectivity index (χ1v) is 7.06. The molecule has 22 heavy (non-hydrogen) atoms. The summed E-state index contributed by atoms with van der Waals surface area (Å²) in [5.74, 6) is -1.25. The zero-order valence-corrected chi connectivity index (χ0v) is 11.9. The summed E-state index contributed by atoms with van der Waals surface area (Å²) < 4.78 is 0.848. The molecule has 0 aliphatic rings. The van der Waals surface area contributed by atoms with Gasteiger partial charge >= 0.3 is 0 Å². The molecular formula is C15H10N2O4S. The van der Waals surface area contributed by atoms with Crippen LogP contribution in [0.3, 0.4) is 0 Å². The number of phenolic OH excluding ortho intramolecular Hbond substituents is 2. The Labute approximate surface area is 128 Å². The number of nitrogens with zero attached hydrogens (tertiary/aromatic N) is 2. The van der Waals surface area contributed by atoms with Crippen molar-refractivity contribution in [3.8, 4) is 11.5 Å². The van der Waals surface area contributed by atoms with E-state index in [-0.39, 0.29) is 22.0 Å². The molecule has 3 rings (SSSR count). The van der Waals surface area contributed by atoms with Crippen molar-refractivity contribution in [3.05, 3.63) is 53.0 Å². The highest BCUT2D eigenvalue weighted by atomic mass is 32.1. The van der Waals surface area contributed by atoms with Crippen molar-refractivity contribution in [1.29, 1.82) is 0 Å². The number of phenols is 2. The lowest BCUT2D eigenvalue weighted by Gasteiger charge is -2.04. The number of aromatic nitrogens is 1. The number of thiazole rings is 1. The Morgan fingerprint density at radius 3 is 2.59 bits per heavy atom. The minimum atomic E-state index is -0.681. The number of ketones is 1. The van der Waals surface area contributed by atoms with E-state index >= 15 is 0 Å². The van der Waals surface area contributed by atoms with E-state index in [0.717, 1.165) is 10.8 Å². The van der Waals surface area contributed by atoms with Gasteiger partial charge in [0, 0.05) is 6.07 Å². The van der Waals surface area contributed by atoms with E-state index in [1.807, 2.05) is 18.2 Å². The van der Waals surface area contributed by atoms with Crippen molar-refractivity contribution < 1.29 is 20.2 Å². The lowest BCUT2D eigenvalue weighted by Crippen LogP contribution is -2.16. The van der Waals surface area contributed by atoms with Gasteiger partial charge in [-0.2, -0.15) is 0 Å². The number of hydrogen-bond donors (Lipinski definition) is 3. The molecule has 0 atom stereocenters. The van der Waals surface area contributed by atoms with E-state index in [2.05, 4.69) is 10.1 Å². The molecule has 0 unspecified atom stereocenters. The highest BCUT2D eigenvalue weighted by Crippen LogP contribution is 2.27. The summed E-state index contributed by atoms with van der Waals surface area (Å²) in [5.41, 5.74) is 0.346. The van der Waals surface area contributed by atoms with Crippen molar-refractivity contribution in [3.63, 3.8) is 0 Å². The van der Waals surface area contributed by atoms with E-state index < -0.39 is 11.5 Å². The third kappa shape index (κ3) is 2.38. The van der Waals surface area contributed by atoms with E-state index in [4.69, 9.17) is 0 Å². The predicted octanol–water partition coefficient (Wildman–Crippen LogP) is 2.77. The number of fused-ring (bicyclic) bond motifs is 1. The Kier molecular flexibility index (Phi) is 3.48. The number of benzene rings is 2. The number of hydrogen-bond acceptors (Lipinski definition) is 7. The molecule has 6 nitrogen and oxygen atoms in total. The third-order valence-corrected chi connectivity index (χ3v) is 4.08. The van der Waals surface area contributed by atoms with Crippen LogP contribution in [0.25, 0.3) is 10.2 Å². The maximum absolute atomic E-state index is 12.4. The molecule has 0 radical (unpaired) electrons. The average Bonchev–Trinajstić information content (AvgIpc) is 2.91.